The molecule has 3 rings (SSSR count). The minimum atomic E-state index is -0.622. The van der Waals surface area contributed by atoms with E-state index < -0.39 is 5.54 Å². The third kappa shape index (κ3) is 2.27. The average Bonchev–Trinajstić information content (AvgIpc) is 2.47. The maximum atomic E-state index is 12.8. The van der Waals surface area contributed by atoms with Gasteiger partial charge in [-0.05, 0) is 37.3 Å². The Bertz CT molecular complexity index is 477. The number of anilines is 1. The van der Waals surface area contributed by atoms with Gasteiger partial charge in [-0.15, -0.1) is 0 Å². The molecule has 2 N–H and O–H groups in total. The summed E-state index contributed by atoms with van der Waals surface area (Å²) in [6.07, 6.45) is 7.16. The third-order valence-electron chi connectivity index (χ3n) is 4.53. The Labute approximate surface area is 114 Å². The maximum Gasteiger partial charge on any atom is 0.247 e. The highest BCUT2D eigenvalue weighted by molar-refractivity contribution is 6.01. The van der Waals surface area contributed by atoms with E-state index in [9.17, 15) is 4.79 Å². The van der Waals surface area contributed by atoms with Gasteiger partial charge in [0.25, 0.3) is 0 Å². The number of benzene rings is 1. The Balaban J connectivity index is 1.88. The second kappa shape index (κ2) is 4.97. The zero-order valence-corrected chi connectivity index (χ0v) is 11.4. The first kappa shape index (κ1) is 12.7. The van der Waals surface area contributed by atoms with Crippen LogP contribution in [0.15, 0.2) is 24.3 Å². The van der Waals surface area contributed by atoms with Crippen molar-refractivity contribution >= 4 is 11.6 Å². The SMILES string of the molecule is NC1(C(=O)N2CCCc3ccccc32)CCCCC1. The van der Waals surface area contributed by atoms with Crippen LogP contribution < -0.4 is 10.6 Å². The fraction of sp³-hybridized carbons (Fsp3) is 0.562. The molecular formula is C16H22N2O. The molecule has 0 bridgehead atoms. The lowest BCUT2D eigenvalue weighted by atomic mass is 9.81. The smallest absolute Gasteiger partial charge is 0.247 e. The minimum Gasteiger partial charge on any atom is -0.317 e. The van der Waals surface area contributed by atoms with Crippen molar-refractivity contribution < 1.29 is 4.79 Å². The normalized spacial score (nSPS) is 21.8. The number of carbonyl (C=O) groups excluding carboxylic acids is 1. The average molecular weight is 258 g/mol. The summed E-state index contributed by atoms with van der Waals surface area (Å²) in [4.78, 5) is 14.8. The van der Waals surface area contributed by atoms with E-state index in [1.54, 1.807) is 0 Å². The van der Waals surface area contributed by atoms with Crippen molar-refractivity contribution in [3.63, 3.8) is 0 Å². The second-order valence-electron chi connectivity index (χ2n) is 5.91. The Hall–Kier alpha value is -1.35. The van der Waals surface area contributed by atoms with E-state index >= 15 is 0 Å². The Morgan fingerprint density at radius 2 is 1.84 bits per heavy atom. The van der Waals surface area contributed by atoms with Gasteiger partial charge in [-0.1, -0.05) is 37.5 Å². The van der Waals surface area contributed by atoms with Crippen LogP contribution in [0.3, 0.4) is 0 Å². The molecule has 0 spiro atoms. The molecule has 0 saturated heterocycles. The quantitative estimate of drug-likeness (QED) is 0.841. The molecule has 3 nitrogen and oxygen atoms in total. The Morgan fingerprint density at radius 1 is 1.11 bits per heavy atom. The van der Waals surface area contributed by atoms with Crippen molar-refractivity contribution in [3.05, 3.63) is 29.8 Å². The summed E-state index contributed by atoms with van der Waals surface area (Å²) in [5.41, 5.74) is 8.13. The molecule has 102 valence electrons. The van der Waals surface area contributed by atoms with Crippen molar-refractivity contribution in [3.8, 4) is 0 Å². The predicted molar refractivity (Wildman–Crippen MR) is 77.1 cm³/mol. The molecule has 19 heavy (non-hydrogen) atoms. The molecule has 0 radical (unpaired) electrons. The Kier molecular flexibility index (Phi) is 3.31. The number of nitrogens with two attached hydrogens (primary N) is 1. The standard InChI is InChI=1S/C16H22N2O/c17-16(10-4-1-5-11-16)15(19)18-12-6-8-13-7-2-3-9-14(13)18/h2-3,7,9H,1,4-6,8,10-12,17H2. The van der Waals surface area contributed by atoms with Gasteiger partial charge in [-0.3, -0.25) is 4.79 Å². The van der Waals surface area contributed by atoms with Gasteiger partial charge in [0.05, 0.1) is 5.54 Å². The predicted octanol–water partition coefficient (Wildman–Crippen LogP) is 2.63. The number of aryl methyl sites for hydroxylation is 1. The molecule has 1 heterocycles. The van der Waals surface area contributed by atoms with Gasteiger partial charge >= 0.3 is 0 Å². The van der Waals surface area contributed by atoms with E-state index in [0.717, 1.165) is 50.8 Å². The summed E-state index contributed by atoms with van der Waals surface area (Å²) >= 11 is 0. The summed E-state index contributed by atoms with van der Waals surface area (Å²) in [7, 11) is 0. The number of nitrogens with zero attached hydrogens (tertiary/aromatic N) is 1. The second-order valence-corrected chi connectivity index (χ2v) is 5.91. The van der Waals surface area contributed by atoms with E-state index in [0.29, 0.717) is 0 Å². The van der Waals surface area contributed by atoms with Crippen molar-refractivity contribution in [2.45, 2.75) is 50.5 Å². The molecule has 0 aromatic heterocycles. The zero-order chi connectivity index (χ0) is 13.3. The molecular weight excluding hydrogens is 236 g/mol. The van der Waals surface area contributed by atoms with Crippen molar-refractivity contribution in [2.24, 2.45) is 5.73 Å². The molecule has 2 aliphatic rings. The highest BCUT2D eigenvalue weighted by Gasteiger charge is 2.39. The number of hydrogen-bond donors (Lipinski definition) is 1. The van der Waals surface area contributed by atoms with E-state index in [1.165, 1.54) is 12.0 Å². The van der Waals surface area contributed by atoms with E-state index in [1.807, 2.05) is 17.0 Å². The highest BCUT2D eigenvalue weighted by atomic mass is 16.2. The van der Waals surface area contributed by atoms with Crippen LogP contribution in [0.5, 0.6) is 0 Å². The summed E-state index contributed by atoms with van der Waals surface area (Å²) < 4.78 is 0. The molecule has 1 aromatic rings. The van der Waals surface area contributed by atoms with Crippen LogP contribution in [-0.4, -0.2) is 18.0 Å². The lowest BCUT2D eigenvalue weighted by molar-refractivity contribution is -0.124. The highest BCUT2D eigenvalue weighted by Crippen LogP contribution is 2.33. The topological polar surface area (TPSA) is 46.3 Å². The number of carbonyl (C=O) groups is 1. The first-order valence-electron chi connectivity index (χ1n) is 7.39. The zero-order valence-electron chi connectivity index (χ0n) is 11.4. The van der Waals surface area contributed by atoms with Gasteiger partial charge in [-0.25, -0.2) is 0 Å². The largest absolute Gasteiger partial charge is 0.317 e. The molecule has 1 aliphatic carbocycles. The van der Waals surface area contributed by atoms with Gasteiger partial charge in [-0.2, -0.15) is 0 Å². The molecule has 1 saturated carbocycles. The molecule has 1 fully saturated rings. The molecule has 3 heteroatoms. The molecule has 0 unspecified atom stereocenters. The summed E-state index contributed by atoms with van der Waals surface area (Å²) in [5, 5.41) is 0. The Morgan fingerprint density at radius 3 is 2.63 bits per heavy atom. The molecule has 1 aliphatic heterocycles. The van der Waals surface area contributed by atoms with Gasteiger partial charge in [0.1, 0.15) is 0 Å². The number of rotatable bonds is 1. The van der Waals surface area contributed by atoms with Crippen LogP contribution >= 0.6 is 0 Å². The first-order valence-corrected chi connectivity index (χ1v) is 7.39. The van der Waals surface area contributed by atoms with Crippen LogP contribution in [0.1, 0.15) is 44.1 Å². The van der Waals surface area contributed by atoms with Crippen molar-refractivity contribution in [1.82, 2.24) is 0 Å². The van der Waals surface area contributed by atoms with Crippen LogP contribution in [0.25, 0.3) is 0 Å². The molecule has 0 atom stereocenters. The first-order chi connectivity index (χ1) is 9.21. The number of hydrogen-bond acceptors (Lipinski definition) is 2. The number of amides is 1. The molecule has 1 amide bonds. The number of para-hydroxylation sites is 1. The van der Waals surface area contributed by atoms with E-state index in [2.05, 4.69) is 12.1 Å². The molecule has 1 aromatic carbocycles. The van der Waals surface area contributed by atoms with Gasteiger partial charge in [0.2, 0.25) is 5.91 Å². The van der Waals surface area contributed by atoms with Gasteiger partial charge in [0.15, 0.2) is 0 Å². The lowest BCUT2D eigenvalue weighted by Gasteiger charge is -2.39. The monoisotopic (exact) mass is 258 g/mol. The van der Waals surface area contributed by atoms with E-state index in [4.69, 9.17) is 5.73 Å². The minimum absolute atomic E-state index is 0.138. The summed E-state index contributed by atoms with van der Waals surface area (Å²) in [5.74, 6) is 0.138. The van der Waals surface area contributed by atoms with E-state index in [-0.39, 0.29) is 5.91 Å². The van der Waals surface area contributed by atoms with Gasteiger partial charge in [0, 0.05) is 12.2 Å². The summed E-state index contributed by atoms with van der Waals surface area (Å²) in [6.45, 7) is 0.814. The van der Waals surface area contributed by atoms with Gasteiger partial charge < -0.3 is 10.6 Å². The third-order valence-corrected chi connectivity index (χ3v) is 4.53. The lowest BCUT2D eigenvalue weighted by Crippen LogP contribution is -2.57. The van der Waals surface area contributed by atoms with Crippen LogP contribution in [-0.2, 0) is 11.2 Å². The van der Waals surface area contributed by atoms with Crippen LogP contribution in [0.2, 0.25) is 0 Å². The van der Waals surface area contributed by atoms with Crippen molar-refractivity contribution in [2.75, 3.05) is 11.4 Å². The maximum absolute atomic E-state index is 12.8. The van der Waals surface area contributed by atoms with Crippen LogP contribution in [0.4, 0.5) is 5.69 Å². The van der Waals surface area contributed by atoms with Crippen molar-refractivity contribution in [1.29, 1.82) is 0 Å². The fourth-order valence-electron chi connectivity index (χ4n) is 3.41. The number of fused-ring (bicyclic) bond motifs is 1. The fourth-order valence-corrected chi connectivity index (χ4v) is 3.41. The summed E-state index contributed by atoms with van der Waals surface area (Å²) in [6, 6.07) is 8.23. The van der Waals surface area contributed by atoms with Crippen LogP contribution in [0, 0.1) is 0 Å².